The number of esters is 1. The standard InChI is InChI=1S/C11H15NO4S.C4H10/c1-14-9-5-4-8(6-10(9)15-2)17-12-7-11(13)16-3;1-4(2)3/h4-6,12H,7H2,1-3H3;4H,1-3H3. The lowest BCUT2D eigenvalue weighted by Crippen LogP contribution is -2.17. The van der Waals surface area contributed by atoms with Crippen LogP contribution in [-0.2, 0) is 9.53 Å². The molecule has 0 bridgehead atoms. The van der Waals surface area contributed by atoms with Crippen molar-refractivity contribution in [2.45, 2.75) is 25.7 Å². The van der Waals surface area contributed by atoms with Crippen molar-refractivity contribution in [3.63, 3.8) is 0 Å². The number of benzene rings is 1. The molecule has 0 saturated heterocycles. The lowest BCUT2D eigenvalue weighted by molar-refractivity contribution is -0.139. The molecule has 0 aliphatic carbocycles. The van der Waals surface area contributed by atoms with E-state index in [-0.39, 0.29) is 12.5 Å². The number of ether oxygens (including phenoxy) is 3. The second kappa shape index (κ2) is 11.3. The van der Waals surface area contributed by atoms with E-state index >= 15 is 0 Å². The van der Waals surface area contributed by atoms with Crippen molar-refractivity contribution in [1.29, 1.82) is 0 Å². The molecule has 0 aromatic heterocycles. The van der Waals surface area contributed by atoms with Crippen LogP contribution >= 0.6 is 11.9 Å². The van der Waals surface area contributed by atoms with Gasteiger partial charge in [-0.2, -0.15) is 0 Å². The van der Waals surface area contributed by atoms with Gasteiger partial charge in [0.05, 0.1) is 21.3 Å². The summed E-state index contributed by atoms with van der Waals surface area (Å²) in [6, 6.07) is 5.51. The van der Waals surface area contributed by atoms with E-state index in [1.54, 1.807) is 20.3 Å². The molecular formula is C15H25NO4S. The zero-order valence-corrected chi connectivity index (χ0v) is 14.4. The molecule has 0 radical (unpaired) electrons. The van der Waals surface area contributed by atoms with Crippen LogP contribution in [0.3, 0.4) is 0 Å². The third-order valence-corrected chi connectivity index (χ3v) is 2.77. The van der Waals surface area contributed by atoms with Gasteiger partial charge in [-0.15, -0.1) is 0 Å². The average Bonchev–Trinajstić information content (AvgIpc) is 2.46. The fourth-order valence-electron chi connectivity index (χ4n) is 1.13. The molecular weight excluding hydrogens is 290 g/mol. The summed E-state index contributed by atoms with van der Waals surface area (Å²) in [6.07, 6.45) is 0. The molecule has 1 aromatic carbocycles. The topological polar surface area (TPSA) is 56.8 Å². The summed E-state index contributed by atoms with van der Waals surface area (Å²) in [6.45, 7) is 6.65. The van der Waals surface area contributed by atoms with Crippen molar-refractivity contribution in [1.82, 2.24) is 4.72 Å². The van der Waals surface area contributed by atoms with E-state index in [0.717, 1.165) is 10.8 Å². The summed E-state index contributed by atoms with van der Waals surface area (Å²) in [4.78, 5) is 11.8. The zero-order chi connectivity index (χ0) is 16.3. The third-order valence-electron chi connectivity index (χ3n) is 1.99. The van der Waals surface area contributed by atoms with Gasteiger partial charge in [-0.1, -0.05) is 20.8 Å². The number of carbonyl (C=O) groups excluding carboxylic acids is 1. The molecule has 0 amide bonds. The quantitative estimate of drug-likeness (QED) is 0.643. The predicted octanol–water partition coefficient (Wildman–Crippen LogP) is 3.14. The summed E-state index contributed by atoms with van der Waals surface area (Å²) in [7, 11) is 4.51. The Labute approximate surface area is 131 Å². The maximum atomic E-state index is 10.9. The second-order valence-electron chi connectivity index (χ2n) is 4.75. The Balaban J connectivity index is 0.000000885. The van der Waals surface area contributed by atoms with E-state index in [4.69, 9.17) is 9.47 Å². The van der Waals surface area contributed by atoms with Gasteiger partial charge in [0.1, 0.15) is 6.54 Å². The summed E-state index contributed by atoms with van der Waals surface area (Å²) in [5.41, 5.74) is 0. The second-order valence-corrected chi connectivity index (χ2v) is 5.71. The zero-order valence-electron chi connectivity index (χ0n) is 13.6. The molecule has 0 atom stereocenters. The highest BCUT2D eigenvalue weighted by Gasteiger charge is 2.05. The van der Waals surface area contributed by atoms with Gasteiger partial charge in [0.25, 0.3) is 0 Å². The first kappa shape index (κ1) is 19.6. The molecule has 120 valence electrons. The van der Waals surface area contributed by atoms with Crippen LogP contribution < -0.4 is 14.2 Å². The van der Waals surface area contributed by atoms with Crippen LogP contribution in [0.4, 0.5) is 0 Å². The highest BCUT2D eigenvalue weighted by Crippen LogP contribution is 2.30. The SMILES string of the molecule is CC(C)C.COC(=O)CNSc1ccc(OC)c(OC)c1. The Bertz CT molecular complexity index is 421. The maximum Gasteiger partial charge on any atom is 0.320 e. The third kappa shape index (κ3) is 9.20. The number of hydrogen-bond donors (Lipinski definition) is 1. The van der Waals surface area contributed by atoms with Gasteiger partial charge < -0.3 is 14.2 Å². The number of methoxy groups -OCH3 is 3. The Morgan fingerprint density at radius 1 is 1.14 bits per heavy atom. The number of nitrogens with one attached hydrogen (secondary N) is 1. The van der Waals surface area contributed by atoms with E-state index in [1.807, 2.05) is 12.1 Å². The van der Waals surface area contributed by atoms with Gasteiger partial charge in [-0.05, 0) is 36.1 Å². The fourth-order valence-corrected chi connectivity index (χ4v) is 1.79. The molecule has 0 fully saturated rings. The molecule has 0 unspecified atom stereocenters. The monoisotopic (exact) mass is 315 g/mol. The van der Waals surface area contributed by atoms with Crippen molar-refractivity contribution in [2.75, 3.05) is 27.9 Å². The first-order valence-electron chi connectivity index (χ1n) is 6.63. The minimum absolute atomic E-state index is 0.148. The average molecular weight is 315 g/mol. The van der Waals surface area contributed by atoms with Crippen molar-refractivity contribution in [2.24, 2.45) is 5.92 Å². The van der Waals surface area contributed by atoms with Crippen LogP contribution in [0, 0.1) is 5.92 Å². The van der Waals surface area contributed by atoms with Crippen LogP contribution in [0.5, 0.6) is 11.5 Å². The van der Waals surface area contributed by atoms with Gasteiger partial charge in [0.2, 0.25) is 0 Å². The van der Waals surface area contributed by atoms with Crippen molar-refractivity contribution in [3.8, 4) is 11.5 Å². The molecule has 1 rings (SSSR count). The number of hydrogen-bond acceptors (Lipinski definition) is 6. The van der Waals surface area contributed by atoms with Crippen molar-refractivity contribution in [3.05, 3.63) is 18.2 Å². The predicted molar refractivity (Wildman–Crippen MR) is 85.9 cm³/mol. The summed E-state index contributed by atoms with van der Waals surface area (Å²) in [5.74, 6) is 1.85. The van der Waals surface area contributed by atoms with E-state index in [1.165, 1.54) is 19.1 Å². The van der Waals surface area contributed by atoms with E-state index in [0.29, 0.717) is 11.5 Å². The highest BCUT2D eigenvalue weighted by atomic mass is 32.2. The lowest BCUT2D eigenvalue weighted by atomic mass is 10.3. The number of carbonyl (C=O) groups is 1. The minimum Gasteiger partial charge on any atom is -0.493 e. The minimum atomic E-state index is -0.307. The fraction of sp³-hybridized carbons (Fsp3) is 0.533. The summed E-state index contributed by atoms with van der Waals surface area (Å²) < 4.78 is 17.7. The van der Waals surface area contributed by atoms with Gasteiger partial charge in [-0.3, -0.25) is 4.79 Å². The summed E-state index contributed by atoms with van der Waals surface area (Å²) >= 11 is 1.33. The maximum absolute atomic E-state index is 10.9. The Hall–Kier alpha value is -1.40. The van der Waals surface area contributed by atoms with Gasteiger partial charge in [0, 0.05) is 4.90 Å². The Kier molecular flexibility index (Phi) is 10.5. The van der Waals surface area contributed by atoms with E-state index in [9.17, 15) is 4.79 Å². The van der Waals surface area contributed by atoms with Crippen LogP contribution in [-0.4, -0.2) is 33.8 Å². The van der Waals surface area contributed by atoms with Crippen LogP contribution in [0.25, 0.3) is 0 Å². The highest BCUT2D eigenvalue weighted by molar-refractivity contribution is 7.97. The molecule has 0 aliphatic rings. The molecule has 5 nitrogen and oxygen atoms in total. The van der Waals surface area contributed by atoms with Crippen LogP contribution in [0.2, 0.25) is 0 Å². The van der Waals surface area contributed by atoms with Gasteiger partial charge in [0.15, 0.2) is 11.5 Å². The molecule has 0 heterocycles. The van der Waals surface area contributed by atoms with E-state index < -0.39 is 0 Å². The number of rotatable bonds is 6. The Morgan fingerprint density at radius 2 is 1.71 bits per heavy atom. The van der Waals surface area contributed by atoms with Gasteiger partial charge in [-0.25, -0.2) is 4.72 Å². The first-order chi connectivity index (χ1) is 9.94. The molecule has 0 spiro atoms. The molecule has 0 aliphatic heterocycles. The van der Waals surface area contributed by atoms with Crippen LogP contribution in [0.15, 0.2) is 23.1 Å². The molecule has 0 saturated carbocycles. The normalized spacial score (nSPS) is 9.67. The van der Waals surface area contributed by atoms with Crippen molar-refractivity contribution < 1.29 is 19.0 Å². The summed E-state index contributed by atoms with van der Waals surface area (Å²) in [5, 5.41) is 0. The first-order valence-corrected chi connectivity index (χ1v) is 7.44. The molecule has 6 heteroatoms. The molecule has 1 aromatic rings. The molecule has 21 heavy (non-hydrogen) atoms. The van der Waals surface area contributed by atoms with Crippen molar-refractivity contribution >= 4 is 17.9 Å². The molecule has 1 N–H and O–H groups in total. The van der Waals surface area contributed by atoms with E-state index in [2.05, 4.69) is 30.2 Å². The largest absolute Gasteiger partial charge is 0.493 e. The Morgan fingerprint density at radius 3 is 2.19 bits per heavy atom. The van der Waals surface area contributed by atoms with Crippen LogP contribution in [0.1, 0.15) is 20.8 Å². The van der Waals surface area contributed by atoms with Gasteiger partial charge >= 0.3 is 5.97 Å². The lowest BCUT2D eigenvalue weighted by Gasteiger charge is -2.09. The smallest absolute Gasteiger partial charge is 0.320 e.